The Morgan fingerprint density at radius 1 is 1.23 bits per heavy atom. The third-order valence-electron chi connectivity index (χ3n) is 5.20. The first-order valence-electron chi connectivity index (χ1n) is 10.4. The Kier molecular flexibility index (Phi) is 6.68. The largest absolute Gasteiger partial charge is 0.387 e. The van der Waals surface area contributed by atoms with Crippen LogP contribution in [0, 0.1) is 0 Å². The van der Waals surface area contributed by atoms with E-state index in [0.29, 0.717) is 12.2 Å². The molecule has 15 heteroatoms. The molecular formula is C20H24N8O6S. The second-order valence-electron chi connectivity index (χ2n) is 7.70. The summed E-state index contributed by atoms with van der Waals surface area (Å²) in [6, 6.07) is 5.45. The lowest BCUT2D eigenvalue weighted by Crippen LogP contribution is -2.42. The van der Waals surface area contributed by atoms with E-state index in [0.717, 1.165) is 0 Å². The van der Waals surface area contributed by atoms with Crippen molar-refractivity contribution in [2.75, 3.05) is 17.2 Å². The van der Waals surface area contributed by atoms with Crippen LogP contribution in [0.15, 0.2) is 41.8 Å². The standard InChI is InChI=1S/C20H24N8O6S/c1-3-22-18(31)15-13(29)14(30)19(34-15)28-9-25-12-16(23-8-24-17(12)28)27-20(32)26-10-5-4-6-11(7-10)35(2,21)33/h4-9,13-15,19,29-30H,2-3H2,1H3,(H2,21,33)(H,22,31)(H2,23,24,26,27,32)/t13?,14?,15-,19+,35?/m0/s1. The molecule has 1 aromatic carbocycles. The van der Waals surface area contributed by atoms with Gasteiger partial charge < -0.3 is 25.6 Å². The van der Waals surface area contributed by atoms with E-state index < -0.39 is 46.2 Å². The molecule has 7 N–H and O–H groups in total. The molecule has 1 fully saturated rings. The topological polar surface area (TPSA) is 207 Å². The van der Waals surface area contributed by atoms with Crippen LogP contribution in [0.2, 0.25) is 0 Å². The zero-order valence-corrected chi connectivity index (χ0v) is 19.3. The Labute approximate surface area is 199 Å². The first kappa shape index (κ1) is 24.5. The summed E-state index contributed by atoms with van der Waals surface area (Å²) in [5.41, 5.74) is 0.682. The smallest absolute Gasteiger partial charge is 0.324 e. The number of nitrogens with two attached hydrogens (primary N) is 1. The first-order chi connectivity index (χ1) is 16.6. The fourth-order valence-corrected chi connectivity index (χ4v) is 4.20. The third-order valence-corrected chi connectivity index (χ3v) is 6.26. The van der Waals surface area contributed by atoms with E-state index >= 15 is 0 Å². The highest BCUT2D eigenvalue weighted by Gasteiger charge is 2.47. The van der Waals surface area contributed by atoms with Crippen LogP contribution < -0.4 is 21.1 Å². The van der Waals surface area contributed by atoms with E-state index in [2.05, 4.69) is 36.8 Å². The number of amides is 3. The molecule has 3 unspecified atom stereocenters. The SMILES string of the molecule is C=S(N)(=O)c1cccc(NC(=O)Nc2ncnc3c2ncn3[C@@H]2O[C@H](C(=O)NCC)C(O)C2O)c1. The molecule has 3 aromatic rings. The summed E-state index contributed by atoms with van der Waals surface area (Å²) < 4.78 is 18.9. The van der Waals surface area contributed by atoms with Crippen molar-refractivity contribution in [2.45, 2.75) is 36.4 Å². The minimum atomic E-state index is -2.96. The van der Waals surface area contributed by atoms with Crippen molar-refractivity contribution in [1.29, 1.82) is 0 Å². The van der Waals surface area contributed by atoms with Crippen LogP contribution in [-0.2, 0) is 19.2 Å². The van der Waals surface area contributed by atoms with Crippen molar-refractivity contribution in [1.82, 2.24) is 24.8 Å². The van der Waals surface area contributed by atoms with E-state index in [1.165, 1.54) is 29.4 Å². The predicted molar refractivity (Wildman–Crippen MR) is 127 cm³/mol. The number of hydrogen-bond acceptors (Lipinski definition) is 9. The van der Waals surface area contributed by atoms with Gasteiger partial charge >= 0.3 is 6.03 Å². The summed E-state index contributed by atoms with van der Waals surface area (Å²) in [6.45, 7) is 2.04. The molecule has 3 amide bonds. The average Bonchev–Trinajstić information content (AvgIpc) is 3.35. The molecule has 35 heavy (non-hydrogen) atoms. The molecule has 0 bridgehead atoms. The van der Waals surface area contributed by atoms with Gasteiger partial charge in [-0.25, -0.2) is 24.0 Å². The maximum Gasteiger partial charge on any atom is 0.324 e. The fraction of sp³-hybridized carbons (Fsp3) is 0.300. The summed E-state index contributed by atoms with van der Waals surface area (Å²) in [7, 11) is -2.96. The molecule has 14 nitrogen and oxygen atoms in total. The molecule has 0 saturated carbocycles. The number of urea groups is 1. The van der Waals surface area contributed by atoms with Crippen molar-refractivity contribution >= 4 is 50.2 Å². The molecule has 3 heterocycles. The molecule has 0 spiro atoms. The third kappa shape index (κ3) is 4.94. The molecule has 1 aliphatic heterocycles. The lowest BCUT2D eigenvalue weighted by Gasteiger charge is -2.16. The lowest BCUT2D eigenvalue weighted by atomic mass is 10.1. The number of hydrogen-bond donors (Lipinski definition) is 6. The van der Waals surface area contributed by atoms with Crippen molar-refractivity contribution in [2.24, 2.45) is 5.14 Å². The number of likely N-dealkylation sites (N-methyl/N-ethyl adjacent to an activating group) is 1. The number of rotatable bonds is 6. The van der Waals surface area contributed by atoms with Gasteiger partial charge in [-0.15, -0.1) is 0 Å². The Morgan fingerprint density at radius 2 is 2.00 bits per heavy atom. The number of aromatic nitrogens is 4. The minimum Gasteiger partial charge on any atom is -0.387 e. The number of anilines is 2. The van der Waals surface area contributed by atoms with Gasteiger partial charge in [-0.2, -0.15) is 0 Å². The van der Waals surface area contributed by atoms with Gasteiger partial charge in [0.1, 0.15) is 18.5 Å². The Morgan fingerprint density at radius 3 is 2.71 bits per heavy atom. The van der Waals surface area contributed by atoms with Gasteiger partial charge in [0.2, 0.25) is 0 Å². The molecular weight excluding hydrogens is 480 g/mol. The Bertz CT molecular complexity index is 1380. The van der Waals surface area contributed by atoms with Crippen LogP contribution >= 0.6 is 0 Å². The molecule has 0 aliphatic carbocycles. The molecule has 4 rings (SSSR count). The van der Waals surface area contributed by atoms with Gasteiger partial charge in [0.05, 0.1) is 16.0 Å². The number of ether oxygens (including phenoxy) is 1. The van der Waals surface area contributed by atoms with Crippen LogP contribution in [0.3, 0.4) is 0 Å². The van der Waals surface area contributed by atoms with E-state index in [1.807, 2.05) is 0 Å². The van der Waals surface area contributed by atoms with Gasteiger partial charge in [-0.05, 0) is 31.0 Å². The van der Waals surface area contributed by atoms with Crippen molar-refractivity contribution in [3.63, 3.8) is 0 Å². The van der Waals surface area contributed by atoms with Crippen LogP contribution in [0.25, 0.3) is 11.2 Å². The molecule has 5 atom stereocenters. The van der Waals surface area contributed by atoms with Crippen LogP contribution in [0.4, 0.5) is 16.3 Å². The summed E-state index contributed by atoms with van der Waals surface area (Å²) >= 11 is 0. The van der Waals surface area contributed by atoms with E-state index in [4.69, 9.17) is 9.88 Å². The quantitative estimate of drug-likeness (QED) is 0.231. The average molecular weight is 505 g/mol. The van der Waals surface area contributed by atoms with Gasteiger partial charge in [-0.1, -0.05) is 6.07 Å². The number of carbonyl (C=O) groups is 2. The van der Waals surface area contributed by atoms with E-state index in [1.54, 1.807) is 19.1 Å². The maximum absolute atomic E-state index is 12.5. The van der Waals surface area contributed by atoms with E-state index in [-0.39, 0.29) is 21.9 Å². The van der Waals surface area contributed by atoms with Gasteiger partial charge in [0, 0.05) is 17.1 Å². The number of fused-ring (bicyclic) bond motifs is 1. The molecule has 1 aliphatic rings. The fourth-order valence-electron chi connectivity index (χ4n) is 3.57. The normalized spacial score (nSPS) is 23.5. The van der Waals surface area contributed by atoms with Crippen LogP contribution in [-0.4, -0.2) is 76.6 Å². The number of carbonyl (C=O) groups excluding carboxylic acids is 2. The van der Waals surface area contributed by atoms with Gasteiger partial charge in [0.15, 0.2) is 29.3 Å². The number of nitrogens with one attached hydrogen (secondary N) is 3. The maximum atomic E-state index is 12.5. The first-order valence-corrected chi connectivity index (χ1v) is 12.2. The van der Waals surface area contributed by atoms with Crippen molar-refractivity contribution in [3.05, 3.63) is 36.9 Å². The molecule has 2 aromatic heterocycles. The van der Waals surface area contributed by atoms with Crippen LogP contribution in [0.1, 0.15) is 13.2 Å². The predicted octanol–water partition coefficient (Wildman–Crippen LogP) is -0.825. The van der Waals surface area contributed by atoms with Gasteiger partial charge in [-0.3, -0.25) is 19.8 Å². The number of benzene rings is 1. The Hall–Kier alpha value is -3.63. The zero-order chi connectivity index (χ0) is 25.3. The monoisotopic (exact) mass is 504 g/mol. The number of nitrogens with zero attached hydrogens (tertiary/aromatic N) is 4. The molecule has 0 radical (unpaired) electrons. The summed E-state index contributed by atoms with van der Waals surface area (Å²) in [6.07, 6.45) is -2.88. The highest BCUT2D eigenvalue weighted by molar-refractivity contribution is 7.98. The highest BCUT2D eigenvalue weighted by Crippen LogP contribution is 2.32. The molecule has 1 saturated heterocycles. The number of aliphatic hydroxyl groups excluding tert-OH is 2. The summed E-state index contributed by atoms with van der Waals surface area (Å²) in [4.78, 5) is 37.3. The van der Waals surface area contributed by atoms with Gasteiger partial charge in [0.25, 0.3) is 5.91 Å². The number of imidazole rings is 1. The zero-order valence-electron chi connectivity index (χ0n) is 18.5. The highest BCUT2D eigenvalue weighted by atomic mass is 32.2. The van der Waals surface area contributed by atoms with Crippen LogP contribution in [0.5, 0.6) is 0 Å². The Balaban J connectivity index is 1.55. The number of aliphatic hydroxyl groups is 2. The van der Waals surface area contributed by atoms with Crippen molar-refractivity contribution in [3.8, 4) is 0 Å². The second-order valence-corrected chi connectivity index (χ2v) is 9.63. The summed E-state index contributed by atoms with van der Waals surface area (Å²) in [5.74, 6) is 2.90. The second kappa shape index (κ2) is 9.55. The molecule has 186 valence electrons. The lowest BCUT2D eigenvalue weighted by molar-refractivity contribution is -0.137. The van der Waals surface area contributed by atoms with Crippen molar-refractivity contribution < 1.29 is 28.7 Å². The minimum absolute atomic E-state index is 0.0514. The van der Waals surface area contributed by atoms with E-state index in [9.17, 15) is 24.0 Å². The summed E-state index contributed by atoms with van der Waals surface area (Å²) in [5, 5.41) is 34.0.